The molecule has 4 rings (SSSR count). The van der Waals surface area contributed by atoms with E-state index in [9.17, 15) is 9.59 Å². The van der Waals surface area contributed by atoms with Crippen LogP contribution in [-0.4, -0.2) is 41.7 Å². The van der Waals surface area contributed by atoms with Crippen LogP contribution in [0.25, 0.3) is 0 Å². The van der Waals surface area contributed by atoms with E-state index in [0.29, 0.717) is 5.75 Å². The Balaban J connectivity index is 1.51. The lowest BCUT2D eigenvalue weighted by Crippen LogP contribution is -2.35. The van der Waals surface area contributed by atoms with Crippen molar-refractivity contribution in [2.24, 2.45) is 0 Å². The van der Waals surface area contributed by atoms with Gasteiger partial charge < -0.3 is 14.2 Å². The van der Waals surface area contributed by atoms with Gasteiger partial charge in [0.15, 0.2) is 5.75 Å². The zero-order chi connectivity index (χ0) is 21.1. The molecule has 1 aromatic carbocycles. The molecule has 1 atom stereocenters. The Kier molecular flexibility index (Phi) is 5.92. The van der Waals surface area contributed by atoms with Gasteiger partial charge in [-0.25, -0.2) is 9.59 Å². The Hall–Kier alpha value is -3.03. The Bertz CT molecular complexity index is 920. The van der Waals surface area contributed by atoms with E-state index in [1.807, 2.05) is 0 Å². The number of esters is 1. The van der Waals surface area contributed by atoms with Gasteiger partial charge in [0.2, 0.25) is 6.10 Å². The fourth-order valence-electron chi connectivity index (χ4n) is 4.34. The predicted molar refractivity (Wildman–Crippen MR) is 110 cm³/mol. The number of carbonyl (C=O) groups excluding carboxylic acids is 2. The summed E-state index contributed by atoms with van der Waals surface area (Å²) in [6, 6.07) is 2.30. The van der Waals surface area contributed by atoms with Crippen LogP contribution in [0.3, 0.4) is 0 Å². The first kappa shape index (κ1) is 20.3. The van der Waals surface area contributed by atoms with E-state index in [1.165, 1.54) is 40.2 Å². The third-order valence-corrected chi connectivity index (χ3v) is 5.70. The van der Waals surface area contributed by atoms with E-state index in [4.69, 9.17) is 14.2 Å². The summed E-state index contributed by atoms with van der Waals surface area (Å²) in [5.41, 5.74) is 5.92. The number of fused-ring (bicyclic) bond motifs is 2. The summed E-state index contributed by atoms with van der Waals surface area (Å²) in [5.74, 6) is -0.0527. The van der Waals surface area contributed by atoms with Crippen LogP contribution in [0, 0.1) is 0 Å². The highest BCUT2D eigenvalue weighted by Crippen LogP contribution is 2.38. The molecule has 0 saturated carbocycles. The van der Waals surface area contributed by atoms with E-state index < -0.39 is 18.2 Å². The second-order valence-corrected chi connectivity index (χ2v) is 7.61. The number of benzene rings is 1. The van der Waals surface area contributed by atoms with Crippen LogP contribution in [0.15, 0.2) is 18.5 Å². The highest BCUT2D eigenvalue weighted by Gasteiger charge is 2.29. The van der Waals surface area contributed by atoms with Gasteiger partial charge >= 0.3 is 12.1 Å². The number of anilines is 1. The van der Waals surface area contributed by atoms with Crippen LogP contribution in [-0.2, 0) is 46.5 Å². The maximum atomic E-state index is 12.8. The summed E-state index contributed by atoms with van der Waals surface area (Å²) in [4.78, 5) is 25.2. The normalized spacial score (nSPS) is 15.3. The first-order chi connectivity index (χ1) is 14.6. The minimum Gasteiger partial charge on any atom is -0.493 e. The lowest BCUT2D eigenvalue weighted by atomic mass is 9.99. The van der Waals surface area contributed by atoms with E-state index in [2.05, 4.69) is 16.5 Å². The molecule has 30 heavy (non-hydrogen) atoms. The number of methoxy groups -OCH3 is 1. The van der Waals surface area contributed by atoms with Crippen molar-refractivity contribution >= 4 is 17.7 Å². The lowest BCUT2D eigenvalue weighted by molar-refractivity contribution is -0.153. The van der Waals surface area contributed by atoms with Gasteiger partial charge in [-0.3, -0.25) is 10.00 Å². The highest BCUT2D eigenvalue weighted by molar-refractivity contribution is 5.90. The van der Waals surface area contributed by atoms with Crippen molar-refractivity contribution < 1.29 is 23.8 Å². The fourth-order valence-corrected chi connectivity index (χ4v) is 4.34. The van der Waals surface area contributed by atoms with Gasteiger partial charge in [0.05, 0.1) is 38.3 Å². The summed E-state index contributed by atoms with van der Waals surface area (Å²) in [7, 11) is 1.53. The van der Waals surface area contributed by atoms with Crippen molar-refractivity contribution in [1.82, 2.24) is 9.78 Å². The fraction of sp³-hybridized carbons (Fsp3) is 0.500. The van der Waals surface area contributed by atoms with E-state index in [1.54, 1.807) is 13.1 Å². The van der Waals surface area contributed by atoms with Crippen molar-refractivity contribution in [3.63, 3.8) is 0 Å². The van der Waals surface area contributed by atoms with Gasteiger partial charge in [0.25, 0.3) is 0 Å². The van der Waals surface area contributed by atoms with Gasteiger partial charge in [-0.1, -0.05) is 6.07 Å². The average molecular weight is 413 g/mol. The summed E-state index contributed by atoms with van der Waals surface area (Å²) >= 11 is 0. The van der Waals surface area contributed by atoms with Crippen molar-refractivity contribution in [2.45, 2.75) is 58.1 Å². The summed E-state index contributed by atoms with van der Waals surface area (Å²) in [6.45, 7) is 1.95. The summed E-state index contributed by atoms with van der Waals surface area (Å²) < 4.78 is 17.2. The number of aryl methyl sites for hydroxylation is 2. The molecular weight excluding hydrogens is 386 g/mol. The standard InChI is InChI=1S/C22H27N3O5/c1-3-29-21(26)19(13-25-12-16(28-2)11-23-25)30-22(27)24-20-17-8-4-6-14(17)10-15-7-5-9-18(15)20/h10-12,19H,3-9,13H2,1-2H3,(H,24,27). The molecule has 1 aromatic heterocycles. The molecule has 2 aliphatic carbocycles. The third-order valence-electron chi connectivity index (χ3n) is 5.70. The maximum absolute atomic E-state index is 12.8. The molecule has 0 fully saturated rings. The van der Waals surface area contributed by atoms with E-state index >= 15 is 0 Å². The zero-order valence-electron chi connectivity index (χ0n) is 17.4. The van der Waals surface area contributed by atoms with Gasteiger partial charge in [-0.15, -0.1) is 0 Å². The molecule has 0 bridgehead atoms. The van der Waals surface area contributed by atoms with Crippen LogP contribution in [0.4, 0.5) is 10.5 Å². The van der Waals surface area contributed by atoms with E-state index in [-0.39, 0.29) is 13.2 Å². The number of carbonyl (C=O) groups is 2. The molecule has 0 spiro atoms. The largest absolute Gasteiger partial charge is 0.493 e. The Morgan fingerprint density at radius 1 is 1.17 bits per heavy atom. The maximum Gasteiger partial charge on any atom is 0.412 e. The topological polar surface area (TPSA) is 91.7 Å². The first-order valence-corrected chi connectivity index (χ1v) is 10.5. The number of hydrogen-bond acceptors (Lipinski definition) is 6. The minimum atomic E-state index is -1.11. The molecule has 0 saturated heterocycles. The second-order valence-electron chi connectivity index (χ2n) is 7.61. The Morgan fingerprint density at radius 3 is 2.47 bits per heavy atom. The van der Waals surface area contributed by atoms with E-state index in [0.717, 1.165) is 44.2 Å². The van der Waals surface area contributed by atoms with Crippen LogP contribution < -0.4 is 10.1 Å². The van der Waals surface area contributed by atoms with Crippen LogP contribution in [0.5, 0.6) is 5.75 Å². The number of rotatable bonds is 7. The van der Waals surface area contributed by atoms with Crippen LogP contribution in [0.1, 0.15) is 42.0 Å². The zero-order valence-corrected chi connectivity index (χ0v) is 17.4. The Morgan fingerprint density at radius 2 is 1.87 bits per heavy atom. The monoisotopic (exact) mass is 413 g/mol. The lowest BCUT2D eigenvalue weighted by Gasteiger charge is -2.19. The van der Waals surface area contributed by atoms with Crippen molar-refractivity contribution in [3.05, 3.63) is 40.7 Å². The molecule has 2 aromatic rings. The third kappa shape index (κ3) is 4.13. The predicted octanol–water partition coefficient (Wildman–Crippen LogP) is 3.05. The molecule has 0 radical (unpaired) electrons. The SMILES string of the molecule is CCOC(=O)C(Cn1cc(OC)cn1)OC(=O)Nc1c2c(cc3c1CCC3)CCC2. The number of hydrogen-bond donors (Lipinski definition) is 1. The number of nitrogens with one attached hydrogen (secondary N) is 1. The minimum absolute atomic E-state index is 0.0423. The number of ether oxygens (including phenoxy) is 3. The summed E-state index contributed by atoms with van der Waals surface area (Å²) in [5, 5.41) is 7.08. The molecule has 1 amide bonds. The molecule has 2 aliphatic rings. The molecule has 160 valence electrons. The Labute approximate surface area is 175 Å². The molecular formula is C22H27N3O5. The second kappa shape index (κ2) is 8.77. The van der Waals surface area contributed by atoms with Gasteiger partial charge in [-0.05, 0) is 67.7 Å². The summed E-state index contributed by atoms with van der Waals surface area (Å²) in [6.07, 6.45) is 7.56. The van der Waals surface area contributed by atoms with Gasteiger partial charge in [0.1, 0.15) is 0 Å². The van der Waals surface area contributed by atoms with Crippen LogP contribution in [0.2, 0.25) is 0 Å². The number of amides is 1. The van der Waals surface area contributed by atoms with Crippen molar-refractivity contribution in [3.8, 4) is 5.75 Å². The smallest absolute Gasteiger partial charge is 0.412 e. The molecule has 1 unspecified atom stereocenters. The number of aromatic nitrogens is 2. The molecule has 8 heteroatoms. The molecule has 0 aliphatic heterocycles. The van der Waals surface area contributed by atoms with Crippen molar-refractivity contribution in [2.75, 3.05) is 19.0 Å². The van der Waals surface area contributed by atoms with Gasteiger partial charge in [0, 0.05) is 0 Å². The highest BCUT2D eigenvalue weighted by atomic mass is 16.6. The molecule has 1 heterocycles. The molecule has 8 nitrogen and oxygen atoms in total. The molecule has 1 N–H and O–H groups in total. The van der Waals surface area contributed by atoms with Crippen LogP contribution >= 0.6 is 0 Å². The average Bonchev–Trinajstić information content (AvgIpc) is 3.47. The number of nitrogens with zero attached hydrogens (tertiary/aromatic N) is 2. The van der Waals surface area contributed by atoms with Crippen molar-refractivity contribution in [1.29, 1.82) is 0 Å². The van der Waals surface area contributed by atoms with Gasteiger partial charge in [-0.2, -0.15) is 5.10 Å². The quantitative estimate of drug-likeness (QED) is 0.702. The first-order valence-electron chi connectivity index (χ1n) is 10.5.